The maximum atomic E-state index is 13.6. The van der Waals surface area contributed by atoms with Crippen LogP contribution < -0.4 is 5.32 Å². The molecule has 1 aromatic heterocycles. The number of anilines is 1. The molecule has 1 aliphatic rings. The average Bonchev–Trinajstić information content (AvgIpc) is 2.81. The van der Waals surface area contributed by atoms with E-state index in [-0.39, 0.29) is 27.4 Å². The Balaban J connectivity index is 1.80. The first-order chi connectivity index (χ1) is 11.5. The van der Waals surface area contributed by atoms with Crippen LogP contribution in [0.15, 0.2) is 47.6 Å². The van der Waals surface area contributed by atoms with Crippen LogP contribution in [0.1, 0.15) is 11.6 Å². The first-order valence-electron chi connectivity index (χ1n) is 7.14. The monoisotopic (exact) mass is 347 g/mol. The van der Waals surface area contributed by atoms with Gasteiger partial charge in [0, 0.05) is 11.5 Å². The average molecular weight is 347 g/mol. The molecule has 0 saturated heterocycles. The van der Waals surface area contributed by atoms with Gasteiger partial charge in [-0.25, -0.2) is 27.2 Å². The van der Waals surface area contributed by atoms with E-state index in [1.807, 2.05) is 0 Å². The van der Waals surface area contributed by atoms with Gasteiger partial charge in [-0.1, -0.05) is 18.2 Å². The van der Waals surface area contributed by atoms with Crippen molar-refractivity contribution in [2.24, 2.45) is 0 Å². The van der Waals surface area contributed by atoms with Crippen LogP contribution in [0.2, 0.25) is 0 Å². The lowest BCUT2D eigenvalue weighted by Crippen LogP contribution is -2.14. The minimum Gasteiger partial charge on any atom is -0.362 e. The lowest BCUT2D eigenvalue weighted by Gasteiger charge is -2.15. The largest absolute Gasteiger partial charge is 0.362 e. The number of aromatic nitrogens is 2. The van der Waals surface area contributed by atoms with Crippen molar-refractivity contribution in [1.82, 2.24) is 9.97 Å². The fraction of sp³-hybridized carbons (Fsp3) is 0.125. The molecule has 0 radical (unpaired) electrons. The van der Waals surface area contributed by atoms with E-state index in [2.05, 4.69) is 15.3 Å². The van der Waals surface area contributed by atoms with Crippen molar-refractivity contribution in [2.75, 3.05) is 11.1 Å². The Kier molecular flexibility index (Phi) is 3.24. The van der Waals surface area contributed by atoms with E-state index in [0.717, 1.165) is 12.1 Å². The number of halogens is 2. The molecule has 8 heteroatoms. The third kappa shape index (κ3) is 2.30. The fourth-order valence-corrected chi connectivity index (χ4v) is 4.64. The molecule has 2 heterocycles. The highest BCUT2D eigenvalue weighted by atomic mass is 32.2. The second-order valence-electron chi connectivity index (χ2n) is 5.52. The van der Waals surface area contributed by atoms with Gasteiger partial charge in [0.2, 0.25) is 0 Å². The lowest BCUT2D eigenvalue weighted by molar-refractivity contribution is 0.510. The number of rotatable bonds is 2. The van der Waals surface area contributed by atoms with Crippen LogP contribution in [0.5, 0.6) is 0 Å². The van der Waals surface area contributed by atoms with Crippen molar-refractivity contribution < 1.29 is 17.2 Å². The van der Waals surface area contributed by atoms with E-state index in [9.17, 15) is 17.2 Å². The minimum absolute atomic E-state index is 0.123. The first-order valence-corrected chi connectivity index (χ1v) is 8.79. The number of benzene rings is 2. The molecule has 0 spiro atoms. The number of nitrogens with one attached hydrogen (secondary N) is 1. The van der Waals surface area contributed by atoms with Crippen LogP contribution in [-0.2, 0) is 9.84 Å². The zero-order valence-corrected chi connectivity index (χ0v) is 13.0. The van der Waals surface area contributed by atoms with E-state index in [0.29, 0.717) is 5.56 Å². The topological polar surface area (TPSA) is 72.0 Å². The summed E-state index contributed by atoms with van der Waals surface area (Å²) in [5, 5.41) is 3.31. The molecule has 24 heavy (non-hydrogen) atoms. The fourth-order valence-electron chi connectivity index (χ4n) is 2.90. The summed E-state index contributed by atoms with van der Waals surface area (Å²) in [6.07, 6.45) is 1.22. The van der Waals surface area contributed by atoms with Gasteiger partial charge < -0.3 is 5.32 Å². The molecule has 0 bridgehead atoms. The Hall–Kier alpha value is -2.61. The molecule has 2 aromatic carbocycles. The summed E-state index contributed by atoms with van der Waals surface area (Å²) >= 11 is 0. The standard InChI is InChI=1S/C16H11F2N3O2S/c17-11-5-10-13(6-12(11)18)19-8-20-16(10)21-14-7-24(22,23)15-4-2-1-3-9(14)15/h1-6,8,14H,7H2,(H,19,20,21)/t14-/m0/s1. The zero-order chi connectivity index (χ0) is 16.9. The normalized spacial score (nSPS) is 18.5. The summed E-state index contributed by atoms with van der Waals surface area (Å²) in [6.45, 7) is 0. The summed E-state index contributed by atoms with van der Waals surface area (Å²) in [5.74, 6) is -1.88. The Labute approximate surface area is 136 Å². The minimum atomic E-state index is -3.38. The third-order valence-corrected chi connectivity index (χ3v) is 5.82. The number of sulfone groups is 1. The van der Waals surface area contributed by atoms with Crippen LogP contribution in [0.3, 0.4) is 0 Å². The van der Waals surface area contributed by atoms with Crippen molar-refractivity contribution in [3.8, 4) is 0 Å². The van der Waals surface area contributed by atoms with Crippen LogP contribution >= 0.6 is 0 Å². The number of hydrogen-bond donors (Lipinski definition) is 1. The lowest BCUT2D eigenvalue weighted by atomic mass is 10.1. The van der Waals surface area contributed by atoms with E-state index >= 15 is 0 Å². The van der Waals surface area contributed by atoms with Gasteiger partial charge in [-0.3, -0.25) is 0 Å². The van der Waals surface area contributed by atoms with E-state index in [4.69, 9.17) is 0 Å². The second kappa shape index (κ2) is 5.20. The summed E-state index contributed by atoms with van der Waals surface area (Å²) in [5.41, 5.74) is 0.868. The highest BCUT2D eigenvalue weighted by Gasteiger charge is 2.34. The van der Waals surface area contributed by atoms with Gasteiger partial charge in [-0.2, -0.15) is 0 Å². The van der Waals surface area contributed by atoms with E-state index in [1.54, 1.807) is 24.3 Å². The quantitative estimate of drug-likeness (QED) is 0.772. The molecule has 1 N–H and O–H groups in total. The van der Waals surface area contributed by atoms with Gasteiger partial charge in [0.25, 0.3) is 0 Å². The Morgan fingerprint density at radius 1 is 1.08 bits per heavy atom. The van der Waals surface area contributed by atoms with Gasteiger partial charge in [0.1, 0.15) is 12.1 Å². The summed E-state index contributed by atoms with van der Waals surface area (Å²) in [6, 6.07) is 8.16. The molecule has 0 aliphatic carbocycles. The SMILES string of the molecule is O=S1(=O)C[C@H](Nc2ncnc3cc(F)c(F)cc23)c2ccccc21. The zero-order valence-electron chi connectivity index (χ0n) is 12.2. The van der Waals surface area contributed by atoms with Crippen LogP contribution in [0.4, 0.5) is 14.6 Å². The summed E-state index contributed by atoms with van der Waals surface area (Å²) in [4.78, 5) is 8.25. The van der Waals surface area contributed by atoms with E-state index in [1.165, 1.54) is 6.33 Å². The van der Waals surface area contributed by atoms with Crippen molar-refractivity contribution in [2.45, 2.75) is 10.9 Å². The highest BCUT2D eigenvalue weighted by Crippen LogP contribution is 2.36. The molecule has 0 unspecified atom stereocenters. The smallest absolute Gasteiger partial charge is 0.181 e. The molecule has 122 valence electrons. The summed E-state index contributed by atoms with van der Waals surface area (Å²) in [7, 11) is -3.38. The third-order valence-electron chi connectivity index (χ3n) is 4.00. The molecular formula is C16H11F2N3O2S. The van der Waals surface area contributed by atoms with Crippen molar-refractivity contribution in [3.63, 3.8) is 0 Å². The van der Waals surface area contributed by atoms with Gasteiger partial charge in [0.05, 0.1) is 22.2 Å². The van der Waals surface area contributed by atoms with Gasteiger partial charge >= 0.3 is 0 Å². The molecule has 3 aromatic rings. The molecule has 0 amide bonds. The first kappa shape index (κ1) is 14.9. The highest BCUT2D eigenvalue weighted by molar-refractivity contribution is 7.91. The Morgan fingerprint density at radius 2 is 1.83 bits per heavy atom. The van der Waals surface area contributed by atoms with Crippen molar-refractivity contribution in [1.29, 1.82) is 0 Å². The van der Waals surface area contributed by atoms with Crippen molar-refractivity contribution in [3.05, 3.63) is 59.9 Å². The predicted molar refractivity (Wildman–Crippen MR) is 84.3 cm³/mol. The Bertz CT molecular complexity index is 1070. The van der Waals surface area contributed by atoms with Gasteiger partial charge in [-0.05, 0) is 17.7 Å². The van der Waals surface area contributed by atoms with Crippen LogP contribution in [-0.4, -0.2) is 24.1 Å². The Morgan fingerprint density at radius 3 is 2.67 bits per heavy atom. The number of nitrogens with zero attached hydrogens (tertiary/aromatic N) is 2. The molecular weight excluding hydrogens is 336 g/mol. The maximum absolute atomic E-state index is 13.6. The second-order valence-corrected chi connectivity index (χ2v) is 7.52. The molecule has 0 saturated carbocycles. The molecule has 0 fully saturated rings. The summed E-state index contributed by atoms with van der Waals surface area (Å²) < 4.78 is 51.4. The molecule has 4 rings (SSSR count). The van der Waals surface area contributed by atoms with Crippen molar-refractivity contribution >= 4 is 26.6 Å². The predicted octanol–water partition coefficient (Wildman–Crippen LogP) is 2.85. The number of hydrogen-bond acceptors (Lipinski definition) is 5. The van der Waals surface area contributed by atoms with Gasteiger partial charge in [-0.15, -0.1) is 0 Å². The van der Waals surface area contributed by atoms with Crippen LogP contribution in [0.25, 0.3) is 10.9 Å². The maximum Gasteiger partial charge on any atom is 0.181 e. The molecule has 1 aliphatic heterocycles. The van der Waals surface area contributed by atoms with Gasteiger partial charge in [0.15, 0.2) is 21.5 Å². The molecule has 5 nitrogen and oxygen atoms in total. The number of fused-ring (bicyclic) bond motifs is 2. The molecule has 1 atom stereocenters. The van der Waals surface area contributed by atoms with E-state index < -0.39 is 27.5 Å². The van der Waals surface area contributed by atoms with Crippen LogP contribution in [0, 0.1) is 11.6 Å².